The summed E-state index contributed by atoms with van der Waals surface area (Å²) >= 11 is 0. The Morgan fingerprint density at radius 2 is 0.621 bits per heavy atom. The standard InChI is InChI=1S/C66H56/c1-29(2)49-40-20-15-16-21-41(40)50(30(3)4)62-54-34(10)25-44-46-27-36(12)56-64-52(32(7)8)58-42-23-17-22-39-37-18-13-14-19-38(37)47(57(39)42)28-48(58)51(31(5)6)63(64)55-35(11)26-45(60(46)66(55)56)43-24-33(9)53(61(49)62)65(54)59(43)44/h13-32H,1-12H3. The second kappa shape index (κ2) is 12.7. The van der Waals surface area contributed by atoms with Crippen LogP contribution in [0.1, 0.15) is 124 Å². The number of hydrogen-bond acceptors (Lipinski definition) is 0. The Kier molecular flexibility index (Phi) is 7.44. The minimum Gasteiger partial charge on any atom is -0.0616 e. The maximum Gasteiger partial charge on any atom is -0.000832 e. The molecule has 0 bridgehead atoms. The van der Waals surface area contributed by atoms with Gasteiger partial charge in [0.15, 0.2) is 0 Å². The highest BCUT2D eigenvalue weighted by atomic mass is 14.3. The van der Waals surface area contributed by atoms with Gasteiger partial charge in [0.1, 0.15) is 0 Å². The van der Waals surface area contributed by atoms with Crippen molar-refractivity contribution in [3.05, 3.63) is 162 Å². The van der Waals surface area contributed by atoms with E-state index in [1.54, 1.807) is 0 Å². The minimum atomic E-state index is 0.322. The topological polar surface area (TPSA) is 0 Å². The number of benzene rings is 11. The molecule has 14 rings (SSSR count). The van der Waals surface area contributed by atoms with Crippen molar-refractivity contribution in [2.75, 3.05) is 0 Å². The third-order valence-electron chi connectivity index (χ3n) is 16.8. The predicted octanol–water partition coefficient (Wildman–Crippen LogP) is 19.3. The van der Waals surface area contributed by atoms with Gasteiger partial charge >= 0.3 is 0 Å². The van der Waals surface area contributed by atoms with Crippen LogP contribution in [0, 0.1) is 48.6 Å². The van der Waals surface area contributed by atoms with E-state index >= 15 is 0 Å². The third kappa shape index (κ3) is 4.35. The molecule has 0 N–H and O–H groups in total. The maximum absolute atomic E-state index is 2.61. The van der Waals surface area contributed by atoms with Gasteiger partial charge in [-0.15, -0.1) is 0 Å². The van der Waals surface area contributed by atoms with Crippen LogP contribution in [0.2, 0.25) is 0 Å². The highest BCUT2D eigenvalue weighted by Gasteiger charge is 2.31. The predicted molar refractivity (Wildman–Crippen MR) is 290 cm³/mol. The van der Waals surface area contributed by atoms with Gasteiger partial charge in [-0.1, -0.05) is 146 Å². The maximum atomic E-state index is 2.61. The molecule has 0 saturated heterocycles. The third-order valence-corrected chi connectivity index (χ3v) is 16.8. The Morgan fingerprint density at radius 3 is 1.12 bits per heavy atom. The van der Waals surface area contributed by atoms with Gasteiger partial charge in [0.2, 0.25) is 0 Å². The van der Waals surface area contributed by atoms with E-state index in [1.165, 1.54) is 184 Å². The molecule has 66 heavy (non-hydrogen) atoms. The van der Waals surface area contributed by atoms with Gasteiger partial charge in [0.05, 0.1) is 0 Å². The summed E-state index contributed by atoms with van der Waals surface area (Å²) in [6.45, 7) is 29.1. The first-order valence-electron chi connectivity index (χ1n) is 24.8. The van der Waals surface area contributed by atoms with Crippen LogP contribution in [-0.4, -0.2) is 0 Å². The van der Waals surface area contributed by atoms with Crippen molar-refractivity contribution in [3.63, 3.8) is 0 Å². The molecule has 13 aromatic carbocycles. The molecule has 320 valence electrons. The molecule has 0 nitrogen and oxygen atoms in total. The van der Waals surface area contributed by atoms with E-state index in [-0.39, 0.29) is 0 Å². The first-order valence-corrected chi connectivity index (χ1v) is 24.8. The van der Waals surface area contributed by atoms with Crippen molar-refractivity contribution in [1.82, 2.24) is 0 Å². The summed E-state index contributed by atoms with van der Waals surface area (Å²) in [4.78, 5) is 0. The van der Waals surface area contributed by atoms with E-state index in [0.29, 0.717) is 23.7 Å². The highest BCUT2D eigenvalue weighted by molar-refractivity contribution is 6.46. The lowest BCUT2D eigenvalue weighted by Gasteiger charge is -2.22. The molecular weight excluding hydrogens is 793 g/mol. The van der Waals surface area contributed by atoms with Crippen LogP contribution in [0.4, 0.5) is 0 Å². The average Bonchev–Trinajstić information content (AvgIpc) is 3.93. The zero-order valence-corrected chi connectivity index (χ0v) is 40.5. The molecule has 13 aromatic rings. The molecule has 0 unspecified atom stereocenters. The minimum absolute atomic E-state index is 0.322. The molecule has 0 aliphatic heterocycles. The number of hydrogen-bond donors (Lipinski definition) is 0. The SMILES string of the molecule is Cc1cc2c3cc(C)c4c5c(C(C)C)c6cc7c8ccccc8c8cccc(c6c(C(C)C)c5c5c(C)cc(c6cc(C)c9c(c1=c1c(C(C)C)c%10ccccc%10c(C(C)C)c1=9)c26)c3c45)c87. The zero-order chi connectivity index (χ0) is 45.3. The molecule has 0 spiro atoms. The van der Waals surface area contributed by atoms with Crippen LogP contribution < -0.4 is 0 Å². The molecule has 0 atom stereocenters. The monoisotopic (exact) mass is 848 g/mol. The lowest BCUT2D eigenvalue weighted by Crippen LogP contribution is -2.01. The van der Waals surface area contributed by atoms with Gasteiger partial charge in [-0.3, -0.25) is 0 Å². The van der Waals surface area contributed by atoms with E-state index in [0.717, 1.165) is 0 Å². The Labute approximate surface area is 385 Å². The molecule has 0 amide bonds. The Hall–Kier alpha value is -6.50. The van der Waals surface area contributed by atoms with Crippen LogP contribution in [0.25, 0.3) is 118 Å². The fourth-order valence-corrected chi connectivity index (χ4v) is 14.8. The zero-order valence-electron chi connectivity index (χ0n) is 40.5. The smallest absolute Gasteiger partial charge is 0.000832 e. The van der Waals surface area contributed by atoms with Crippen molar-refractivity contribution >= 4 is 118 Å². The van der Waals surface area contributed by atoms with Crippen molar-refractivity contribution in [3.8, 4) is 0 Å². The van der Waals surface area contributed by atoms with Crippen LogP contribution >= 0.6 is 0 Å². The van der Waals surface area contributed by atoms with Gasteiger partial charge < -0.3 is 0 Å². The van der Waals surface area contributed by atoms with Crippen molar-refractivity contribution in [2.45, 2.75) is 107 Å². The molecule has 1 aliphatic rings. The van der Waals surface area contributed by atoms with Gasteiger partial charge in [0.25, 0.3) is 0 Å². The lowest BCUT2D eigenvalue weighted by atomic mass is 9.81. The van der Waals surface area contributed by atoms with Gasteiger partial charge in [-0.2, -0.15) is 0 Å². The first-order chi connectivity index (χ1) is 31.8. The second-order valence-electron chi connectivity index (χ2n) is 21.9. The highest BCUT2D eigenvalue weighted by Crippen LogP contribution is 2.56. The largest absolute Gasteiger partial charge is 0.0616 e. The summed E-state index contributed by atoms with van der Waals surface area (Å²) in [5.74, 6) is 1.41. The van der Waals surface area contributed by atoms with Gasteiger partial charge in [0, 0.05) is 0 Å². The second-order valence-corrected chi connectivity index (χ2v) is 21.9. The summed E-state index contributed by atoms with van der Waals surface area (Å²) in [6, 6.07) is 38.5. The van der Waals surface area contributed by atoms with Crippen LogP contribution in [0.3, 0.4) is 0 Å². The van der Waals surface area contributed by atoms with E-state index < -0.39 is 0 Å². The number of aryl methyl sites for hydroxylation is 4. The molecule has 0 fully saturated rings. The van der Waals surface area contributed by atoms with Gasteiger partial charge in [-0.05, 0) is 241 Å². The fourth-order valence-electron chi connectivity index (χ4n) is 14.8. The van der Waals surface area contributed by atoms with Crippen LogP contribution in [0.15, 0.2) is 97.1 Å². The molecular formula is C66H56. The van der Waals surface area contributed by atoms with Crippen LogP contribution in [0.5, 0.6) is 0 Å². The van der Waals surface area contributed by atoms with E-state index in [2.05, 4.69) is 180 Å². The lowest BCUT2D eigenvalue weighted by molar-refractivity contribution is 0.846. The van der Waals surface area contributed by atoms with Crippen molar-refractivity contribution < 1.29 is 0 Å². The summed E-state index contributed by atoms with van der Waals surface area (Å²) in [5.41, 5.74) is 11.6. The van der Waals surface area contributed by atoms with E-state index in [1.807, 2.05) is 0 Å². The van der Waals surface area contributed by atoms with Crippen molar-refractivity contribution in [1.29, 1.82) is 0 Å². The molecule has 0 heterocycles. The van der Waals surface area contributed by atoms with Crippen LogP contribution in [-0.2, 0) is 0 Å². The summed E-state index contributed by atoms with van der Waals surface area (Å²) in [6.07, 6.45) is 0. The summed E-state index contributed by atoms with van der Waals surface area (Å²) in [5, 5.41) is 37.4. The Balaban J connectivity index is 1.26. The molecule has 0 radical (unpaired) electrons. The molecule has 0 aromatic heterocycles. The first kappa shape index (κ1) is 38.7. The average molecular weight is 849 g/mol. The molecule has 1 aliphatic carbocycles. The van der Waals surface area contributed by atoms with Gasteiger partial charge in [-0.25, -0.2) is 0 Å². The number of rotatable bonds is 4. The van der Waals surface area contributed by atoms with Crippen molar-refractivity contribution in [2.24, 2.45) is 0 Å². The normalized spacial score (nSPS) is 13.4. The Morgan fingerprint density at radius 1 is 0.227 bits per heavy atom. The van der Waals surface area contributed by atoms with E-state index in [9.17, 15) is 0 Å². The summed E-state index contributed by atoms with van der Waals surface area (Å²) < 4.78 is 0. The Bertz CT molecular complexity index is 4460. The molecule has 0 saturated carbocycles. The number of fused-ring (bicyclic) bond motifs is 12. The quantitative estimate of drug-likeness (QED) is 0.122. The fraction of sp³-hybridized carbons (Fsp3) is 0.242. The van der Waals surface area contributed by atoms with E-state index in [4.69, 9.17) is 0 Å². The molecule has 0 heteroatoms. The summed E-state index contributed by atoms with van der Waals surface area (Å²) in [7, 11) is 0.